The Morgan fingerprint density at radius 1 is 1.10 bits per heavy atom. The zero-order chi connectivity index (χ0) is 22.0. The Morgan fingerprint density at radius 2 is 1.81 bits per heavy atom. The largest absolute Gasteiger partial charge is 0.454 e. The Kier molecular flexibility index (Phi) is 5.87. The van der Waals surface area contributed by atoms with E-state index in [1.165, 1.54) is 0 Å². The van der Waals surface area contributed by atoms with Crippen LogP contribution in [0.5, 0.6) is 11.5 Å². The number of benzene rings is 2. The number of hydrogen-bond acceptors (Lipinski definition) is 5. The van der Waals surface area contributed by atoms with Crippen molar-refractivity contribution in [3.63, 3.8) is 0 Å². The third-order valence-electron chi connectivity index (χ3n) is 5.63. The van der Waals surface area contributed by atoms with E-state index in [-0.39, 0.29) is 29.9 Å². The van der Waals surface area contributed by atoms with Gasteiger partial charge < -0.3 is 25.4 Å². The molecule has 2 amide bonds. The van der Waals surface area contributed by atoms with Crippen LogP contribution in [0, 0.1) is 11.3 Å². The molecule has 1 saturated carbocycles. The highest BCUT2D eigenvalue weighted by atomic mass is 16.7. The van der Waals surface area contributed by atoms with Crippen LogP contribution in [0.25, 0.3) is 0 Å². The number of carbonyl (C=O) groups excluding carboxylic acids is 2. The molecule has 3 N–H and O–H groups in total. The van der Waals surface area contributed by atoms with E-state index in [1.54, 1.807) is 18.2 Å². The van der Waals surface area contributed by atoms with Crippen molar-refractivity contribution in [1.29, 1.82) is 0 Å². The van der Waals surface area contributed by atoms with Crippen molar-refractivity contribution in [3.8, 4) is 11.5 Å². The molecule has 0 unspecified atom stereocenters. The first kappa shape index (κ1) is 21.2. The van der Waals surface area contributed by atoms with Crippen molar-refractivity contribution in [2.24, 2.45) is 17.1 Å². The van der Waals surface area contributed by atoms with E-state index in [4.69, 9.17) is 15.2 Å². The lowest BCUT2D eigenvalue weighted by atomic mass is 9.92. The molecule has 1 heterocycles. The van der Waals surface area contributed by atoms with E-state index >= 15 is 0 Å². The lowest BCUT2D eigenvalue weighted by Crippen LogP contribution is -2.42. The monoisotopic (exact) mass is 423 g/mol. The summed E-state index contributed by atoms with van der Waals surface area (Å²) in [4.78, 5) is 27.2. The van der Waals surface area contributed by atoms with Gasteiger partial charge in [-0.25, -0.2) is 0 Å². The summed E-state index contributed by atoms with van der Waals surface area (Å²) >= 11 is 0. The summed E-state index contributed by atoms with van der Waals surface area (Å²) in [7, 11) is 0. The number of nitrogens with one attached hydrogen (secondary N) is 1. The Morgan fingerprint density at radius 3 is 2.48 bits per heavy atom. The maximum absolute atomic E-state index is 12.8. The summed E-state index contributed by atoms with van der Waals surface area (Å²) < 4.78 is 10.6. The first-order valence-electron chi connectivity index (χ1n) is 10.6. The Labute approximate surface area is 182 Å². The third kappa shape index (κ3) is 5.17. The van der Waals surface area contributed by atoms with Gasteiger partial charge in [-0.2, -0.15) is 0 Å². The Bertz CT molecular complexity index is 967. The van der Waals surface area contributed by atoms with Crippen molar-refractivity contribution >= 4 is 17.5 Å². The summed E-state index contributed by atoms with van der Waals surface area (Å²) in [6.45, 7) is 6.01. The normalized spacial score (nSPS) is 14.9. The molecular formula is C24H29N3O4. The standard InChI is InChI=1S/C24H29N3O4/c1-24(2,13-25)14-27(23(29)17-5-6-17)12-16-3-8-19(9-4-16)26-22(28)18-7-10-20-21(11-18)31-15-30-20/h3-4,7-11,17H,5-6,12-15,25H2,1-2H3,(H,26,28). The molecule has 1 fully saturated rings. The van der Waals surface area contributed by atoms with Crippen molar-refractivity contribution < 1.29 is 19.1 Å². The molecule has 2 aromatic carbocycles. The molecule has 164 valence electrons. The van der Waals surface area contributed by atoms with Gasteiger partial charge in [-0.3, -0.25) is 9.59 Å². The van der Waals surface area contributed by atoms with Crippen LogP contribution in [0.15, 0.2) is 42.5 Å². The van der Waals surface area contributed by atoms with E-state index in [0.29, 0.717) is 42.4 Å². The van der Waals surface area contributed by atoms with Crippen molar-refractivity contribution in [2.45, 2.75) is 33.2 Å². The number of ether oxygens (including phenoxy) is 2. The quantitative estimate of drug-likeness (QED) is 0.679. The van der Waals surface area contributed by atoms with Gasteiger partial charge in [0, 0.05) is 30.3 Å². The first-order valence-corrected chi connectivity index (χ1v) is 10.6. The zero-order valence-electron chi connectivity index (χ0n) is 18.0. The average molecular weight is 424 g/mol. The van der Waals surface area contributed by atoms with E-state index < -0.39 is 0 Å². The van der Waals surface area contributed by atoms with Crippen LogP contribution in [-0.2, 0) is 11.3 Å². The average Bonchev–Trinajstić information content (AvgIpc) is 3.50. The van der Waals surface area contributed by atoms with Crippen LogP contribution < -0.4 is 20.5 Å². The predicted molar refractivity (Wildman–Crippen MR) is 118 cm³/mol. The number of anilines is 1. The summed E-state index contributed by atoms with van der Waals surface area (Å²) in [5, 5.41) is 2.90. The van der Waals surface area contributed by atoms with Crippen molar-refractivity contribution in [1.82, 2.24) is 4.90 Å². The van der Waals surface area contributed by atoms with E-state index in [1.807, 2.05) is 29.2 Å². The van der Waals surface area contributed by atoms with Crippen molar-refractivity contribution in [3.05, 3.63) is 53.6 Å². The number of carbonyl (C=O) groups is 2. The van der Waals surface area contributed by atoms with Crippen LogP contribution >= 0.6 is 0 Å². The second-order valence-corrected chi connectivity index (χ2v) is 9.06. The Hall–Kier alpha value is -3.06. The molecule has 0 radical (unpaired) electrons. The molecule has 7 nitrogen and oxygen atoms in total. The van der Waals surface area contributed by atoms with Gasteiger partial charge in [0.2, 0.25) is 12.7 Å². The molecule has 2 aliphatic rings. The molecule has 1 aliphatic heterocycles. The van der Waals surface area contributed by atoms with Crippen LogP contribution in [0.2, 0.25) is 0 Å². The summed E-state index contributed by atoms with van der Waals surface area (Å²) in [6.07, 6.45) is 1.95. The maximum atomic E-state index is 12.8. The fraction of sp³-hybridized carbons (Fsp3) is 0.417. The van der Waals surface area contributed by atoms with Gasteiger partial charge in [-0.1, -0.05) is 26.0 Å². The SMILES string of the molecule is CC(C)(CN)CN(Cc1ccc(NC(=O)c2ccc3c(c2)OCO3)cc1)C(=O)C1CC1. The highest BCUT2D eigenvalue weighted by Gasteiger charge is 2.35. The van der Waals surface area contributed by atoms with Gasteiger partial charge in [0.05, 0.1) is 0 Å². The van der Waals surface area contributed by atoms with E-state index in [2.05, 4.69) is 19.2 Å². The minimum atomic E-state index is -0.221. The lowest BCUT2D eigenvalue weighted by molar-refractivity contribution is -0.134. The molecular weight excluding hydrogens is 394 g/mol. The third-order valence-corrected chi connectivity index (χ3v) is 5.63. The molecule has 0 saturated heterocycles. The van der Waals surface area contributed by atoms with Gasteiger partial charge in [0.1, 0.15) is 0 Å². The topological polar surface area (TPSA) is 93.9 Å². The molecule has 0 aromatic heterocycles. The highest BCUT2D eigenvalue weighted by molar-refractivity contribution is 6.04. The number of hydrogen-bond donors (Lipinski definition) is 2. The van der Waals surface area contributed by atoms with Gasteiger partial charge in [0.15, 0.2) is 11.5 Å². The van der Waals surface area contributed by atoms with Crippen molar-refractivity contribution in [2.75, 3.05) is 25.2 Å². The van der Waals surface area contributed by atoms with Gasteiger partial charge >= 0.3 is 0 Å². The maximum Gasteiger partial charge on any atom is 0.255 e. The number of rotatable bonds is 8. The second-order valence-electron chi connectivity index (χ2n) is 9.06. The fourth-order valence-electron chi connectivity index (χ4n) is 3.54. The summed E-state index contributed by atoms with van der Waals surface area (Å²) in [6, 6.07) is 12.7. The van der Waals surface area contributed by atoms with Gasteiger partial charge in [-0.15, -0.1) is 0 Å². The zero-order valence-corrected chi connectivity index (χ0v) is 18.0. The summed E-state index contributed by atoms with van der Waals surface area (Å²) in [5.41, 5.74) is 7.96. The predicted octanol–water partition coefficient (Wildman–Crippen LogP) is 3.39. The first-order chi connectivity index (χ1) is 14.8. The second kappa shape index (κ2) is 8.59. The van der Waals surface area contributed by atoms with Gasteiger partial charge in [0.25, 0.3) is 5.91 Å². The number of fused-ring (bicyclic) bond motifs is 1. The summed E-state index contributed by atoms with van der Waals surface area (Å²) in [5.74, 6) is 1.37. The number of nitrogens with two attached hydrogens (primary N) is 1. The fourth-order valence-corrected chi connectivity index (χ4v) is 3.54. The van der Waals surface area contributed by atoms with Crippen LogP contribution in [0.1, 0.15) is 42.6 Å². The molecule has 0 spiro atoms. The molecule has 0 atom stereocenters. The molecule has 2 aromatic rings. The Balaban J connectivity index is 1.40. The van der Waals surface area contributed by atoms with E-state index in [0.717, 1.165) is 18.4 Å². The molecule has 31 heavy (non-hydrogen) atoms. The number of nitrogens with zero attached hydrogens (tertiary/aromatic N) is 1. The molecule has 1 aliphatic carbocycles. The lowest BCUT2D eigenvalue weighted by Gasteiger charge is -2.32. The molecule has 4 rings (SSSR count). The van der Waals surface area contributed by atoms with Crippen LogP contribution in [-0.4, -0.2) is 36.6 Å². The van der Waals surface area contributed by atoms with Gasteiger partial charge in [-0.05, 0) is 60.7 Å². The minimum Gasteiger partial charge on any atom is -0.454 e. The molecule has 0 bridgehead atoms. The smallest absolute Gasteiger partial charge is 0.255 e. The molecule has 7 heteroatoms. The van der Waals surface area contributed by atoms with E-state index in [9.17, 15) is 9.59 Å². The van der Waals surface area contributed by atoms with Crippen LogP contribution in [0.3, 0.4) is 0 Å². The highest BCUT2D eigenvalue weighted by Crippen LogP contribution is 2.33. The minimum absolute atomic E-state index is 0.136. The number of amides is 2. The van der Waals surface area contributed by atoms with Crippen LogP contribution in [0.4, 0.5) is 5.69 Å².